The van der Waals surface area contributed by atoms with Gasteiger partial charge in [0.05, 0.1) is 0 Å². The van der Waals surface area contributed by atoms with E-state index in [1.807, 2.05) is 25.9 Å². The zero-order chi connectivity index (χ0) is 15.2. The standard InChI is InChI=1S/C16H30N4O/c1-4-17-16(19(2)3)18-14-10-11-20(12-14)15(21)13-8-6-5-7-9-13/h13-14H,4-12H2,1-3H3,(H,17,18). The van der Waals surface area contributed by atoms with E-state index in [9.17, 15) is 4.79 Å². The molecule has 120 valence electrons. The second-order valence-corrected chi connectivity index (χ2v) is 6.44. The predicted octanol–water partition coefficient (Wildman–Crippen LogP) is 1.69. The number of nitrogens with one attached hydrogen (secondary N) is 1. The normalized spacial score (nSPS) is 24.2. The molecule has 2 aliphatic rings. The highest BCUT2D eigenvalue weighted by Gasteiger charge is 2.31. The van der Waals surface area contributed by atoms with Crippen molar-refractivity contribution in [1.29, 1.82) is 0 Å². The molecule has 0 aromatic carbocycles. The fourth-order valence-corrected chi connectivity index (χ4v) is 3.33. The molecule has 5 nitrogen and oxygen atoms in total. The Bertz CT molecular complexity index is 374. The van der Waals surface area contributed by atoms with Crippen LogP contribution in [-0.4, -0.2) is 61.4 Å². The van der Waals surface area contributed by atoms with Crippen LogP contribution in [0.25, 0.3) is 0 Å². The van der Waals surface area contributed by atoms with Crippen LogP contribution in [0.4, 0.5) is 0 Å². The largest absolute Gasteiger partial charge is 0.352 e. The van der Waals surface area contributed by atoms with Gasteiger partial charge in [0, 0.05) is 45.7 Å². The van der Waals surface area contributed by atoms with Gasteiger partial charge in [0.15, 0.2) is 5.96 Å². The Morgan fingerprint density at radius 2 is 1.95 bits per heavy atom. The minimum Gasteiger partial charge on any atom is -0.352 e. The van der Waals surface area contributed by atoms with Crippen LogP contribution in [0.2, 0.25) is 0 Å². The van der Waals surface area contributed by atoms with Crippen LogP contribution in [0, 0.1) is 5.92 Å². The minimum absolute atomic E-state index is 0.287. The first-order valence-corrected chi connectivity index (χ1v) is 8.39. The molecule has 1 aliphatic heterocycles. The number of hydrogen-bond donors (Lipinski definition) is 1. The SMILES string of the molecule is CCN=C(NC1CCN(C(=O)C2CCCCC2)C1)N(C)C. The highest BCUT2D eigenvalue weighted by Crippen LogP contribution is 2.26. The number of hydrogen-bond acceptors (Lipinski definition) is 2. The zero-order valence-corrected chi connectivity index (χ0v) is 13.8. The van der Waals surface area contributed by atoms with Gasteiger partial charge >= 0.3 is 0 Å². The summed E-state index contributed by atoms with van der Waals surface area (Å²) in [6, 6.07) is 0.338. The van der Waals surface area contributed by atoms with E-state index in [2.05, 4.69) is 15.2 Å². The van der Waals surface area contributed by atoms with Gasteiger partial charge in [-0.15, -0.1) is 0 Å². The zero-order valence-electron chi connectivity index (χ0n) is 13.8. The first-order chi connectivity index (χ1) is 10.1. The maximum absolute atomic E-state index is 12.5. The van der Waals surface area contributed by atoms with E-state index in [1.54, 1.807) is 0 Å². The predicted molar refractivity (Wildman–Crippen MR) is 86.4 cm³/mol. The van der Waals surface area contributed by atoms with E-state index in [4.69, 9.17) is 0 Å². The third-order valence-corrected chi connectivity index (χ3v) is 4.52. The molecule has 2 rings (SSSR count). The summed E-state index contributed by atoms with van der Waals surface area (Å²) in [5.74, 6) is 1.60. The molecule has 1 amide bonds. The Hall–Kier alpha value is -1.26. The number of carbonyl (C=O) groups is 1. The highest BCUT2D eigenvalue weighted by molar-refractivity contribution is 5.81. The lowest BCUT2D eigenvalue weighted by Crippen LogP contribution is -2.45. The summed E-state index contributed by atoms with van der Waals surface area (Å²) in [5, 5.41) is 3.49. The summed E-state index contributed by atoms with van der Waals surface area (Å²) in [6.45, 7) is 4.53. The average molecular weight is 294 g/mol. The maximum atomic E-state index is 12.5. The van der Waals surface area contributed by atoms with Crippen molar-refractivity contribution in [2.45, 2.75) is 51.5 Å². The van der Waals surface area contributed by atoms with Gasteiger partial charge in [-0.1, -0.05) is 19.3 Å². The molecular weight excluding hydrogens is 264 g/mol. The van der Waals surface area contributed by atoms with Crippen molar-refractivity contribution in [2.24, 2.45) is 10.9 Å². The van der Waals surface area contributed by atoms with Gasteiger partial charge in [0.25, 0.3) is 0 Å². The van der Waals surface area contributed by atoms with E-state index in [0.29, 0.717) is 11.9 Å². The second kappa shape index (κ2) is 7.66. The van der Waals surface area contributed by atoms with Gasteiger partial charge in [-0.05, 0) is 26.2 Å². The maximum Gasteiger partial charge on any atom is 0.225 e. The van der Waals surface area contributed by atoms with Gasteiger partial charge in [0.1, 0.15) is 0 Å². The van der Waals surface area contributed by atoms with Crippen LogP contribution in [0.1, 0.15) is 45.4 Å². The van der Waals surface area contributed by atoms with Crippen LogP contribution < -0.4 is 5.32 Å². The summed E-state index contributed by atoms with van der Waals surface area (Å²) in [5.41, 5.74) is 0. The molecule has 0 bridgehead atoms. The molecule has 2 fully saturated rings. The molecule has 5 heteroatoms. The van der Waals surface area contributed by atoms with Crippen molar-refractivity contribution >= 4 is 11.9 Å². The van der Waals surface area contributed by atoms with Crippen molar-refractivity contribution in [1.82, 2.24) is 15.1 Å². The molecule has 1 unspecified atom stereocenters. The molecule has 1 saturated carbocycles. The minimum atomic E-state index is 0.287. The molecule has 21 heavy (non-hydrogen) atoms. The van der Waals surface area contributed by atoms with Crippen LogP contribution in [-0.2, 0) is 4.79 Å². The lowest BCUT2D eigenvalue weighted by atomic mass is 9.88. The number of likely N-dealkylation sites (tertiary alicyclic amines) is 1. The Labute approximate surface area is 128 Å². The van der Waals surface area contributed by atoms with Gasteiger partial charge in [-0.3, -0.25) is 9.79 Å². The summed E-state index contributed by atoms with van der Waals surface area (Å²) in [7, 11) is 4.00. The smallest absolute Gasteiger partial charge is 0.225 e. The first kappa shape index (κ1) is 16.1. The van der Waals surface area contributed by atoms with E-state index in [1.165, 1.54) is 19.3 Å². The Kier molecular flexibility index (Phi) is 5.88. The summed E-state index contributed by atoms with van der Waals surface area (Å²) < 4.78 is 0. The number of amides is 1. The molecule has 1 saturated heterocycles. The number of rotatable bonds is 3. The third-order valence-electron chi connectivity index (χ3n) is 4.52. The summed E-state index contributed by atoms with van der Waals surface area (Å²) in [6.07, 6.45) is 6.95. The van der Waals surface area contributed by atoms with E-state index < -0.39 is 0 Å². The van der Waals surface area contributed by atoms with Crippen LogP contribution in [0.15, 0.2) is 4.99 Å². The van der Waals surface area contributed by atoms with Crippen LogP contribution >= 0.6 is 0 Å². The monoisotopic (exact) mass is 294 g/mol. The quantitative estimate of drug-likeness (QED) is 0.636. The van der Waals surface area contributed by atoms with E-state index in [0.717, 1.165) is 44.9 Å². The van der Waals surface area contributed by atoms with Crippen molar-refractivity contribution in [3.05, 3.63) is 0 Å². The molecular formula is C16H30N4O. The van der Waals surface area contributed by atoms with Crippen molar-refractivity contribution in [3.8, 4) is 0 Å². The van der Waals surface area contributed by atoms with Crippen molar-refractivity contribution in [3.63, 3.8) is 0 Å². The third kappa shape index (κ3) is 4.35. The molecule has 0 aromatic heterocycles. The van der Waals surface area contributed by atoms with Gasteiger partial charge in [-0.25, -0.2) is 0 Å². The Balaban J connectivity index is 1.85. The first-order valence-electron chi connectivity index (χ1n) is 8.39. The van der Waals surface area contributed by atoms with Crippen molar-refractivity contribution < 1.29 is 4.79 Å². The number of carbonyl (C=O) groups excluding carboxylic acids is 1. The lowest BCUT2D eigenvalue weighted by Gasteiger charge is -2.27. The fourth-order valence-electron chi connectivity index (χ4n) is 3.33. The summed E-state index contributed by atoms with van der Waals surface area (Å²) >= 11 is 0. The molecule has 0 spiro atoms. The number of guanidine groups is 1. The summed E-state index contributed by atoms with van der Waals surface area (Å²) in [4.78, 5) is 21.1. The topological polar surface area (TPSA) is 47.9 Å². The molecule has 1 N–H and O–H groups in total. The lowest BCUT2D eigenvalue weighted by molar-refractivity contribution is -0.135. The fraction of sp³-hybridized carbons (Fsp3) is 0.875. The highest BCUT2D eigenvalue weighted by atomic mass is 16.2. The Morgan fingerprint density at radius 3 is 2.57 bits per heavy atom. The van der Waals surface area contributed by atoms with Gasteiger partial charge in [-0.2, -0.15) is 0 Å². The molecule has 1 aliphatic carbocycles. The molecule has 1 heterocycles. The Morgan fingerprint density at radius 1 is 1.24 bits per heavy atom. The number of nitrogens with zero attached hydrogens (tertiary/aromatic N) is 3. The van der Waals surface area contributed by atoms with E-state index in [-0.39, 0.29) is 5.92 Å². The molecule has 1 atom stereocenters. The van der Waals surface area contributed by atoms with Crippen molar-refractivity contribution in [2.75, 3.05) is 33.7 Å². The van der Waals surface area contributed by atoms with Gasteiger partial charge < -0.3 is 15.1 Å². The van der Waals surface area contributed by atoms with Crippen LogP contribution in [0.5, 0.6) is 0 Å². The molecule has 0 aromatic rings. The van der Waals surface area contributed by atoms with E-state index >= 15 is 0 Å². The second-order valence-electron chi connectivity index (χ2n) is 6.44. The molecule has 0 radical (unpaired) electrons. The van der Waals surface area contributed by atoms with Crippen LogP contribution in [0.3, 0.4) is 0 Å². The van der Waals surface area contributed by atoms with Gasteiger partial charge in [0.2, 0.25) is 5.91 Å². The average Bonchev–Trinajstić information content (AvgIpc) is 2.95. The number of aliphatic imine (C=N–C) groups is 1.